The summed E-state index contributed by atoms with van der Waals surface area (Å²) >= 11 is 0. The summed E-state index contributed by atoms with van der Waals surface area (Å²) < 4.78 is 11.3. The molecular formula is C20H16N2O5. The summed E-state index contributed by atoms with van der Waals surface area (Å²) in [5.74, 6) is -2.27. The van der Waals surface area contributed by atoms with Crippen molar-refractivity contribution in [2.45, 2.75) is 19.8 Å². The van der Waals surface area contributed by atoms with E-state index < -0.39 is 23.3 Å². The van der Waals surface area contributed by atoms with Crippen LogP contribution in [0.5, 0.6) is 0 Å². The molecule has 7 heteroatoms. The minimum Gasteiger partial charge on any atom is -0.480 e. The predicted molar refractivity (Wildman–Crippen MR) is 95.4 cm³/mol. The number of hydrogen-bond acceptors (Lipinski definition) is 6. The van der Waals surface area contributed by atoms with Gasteiger partial charge in [0, 0.05) is 17.8 Å². The molecule has 1 aliphatic heterocycles. The summed E-state index contributed by atoms with van der Waals surface area (Å²) in [4.78, 5) is 33.1. The van der Waals surface area contributed by atoms with Gasteiger partial charge in [0.25, 0.3) is 0 Å². The fourth-order valence-corrected chi connectivity index (χ4v) is 3.42. The van der Waals surface area contributed by atoms with Gasteiger partial charge in [0.15, 0.2) is 16.9 Å². The van der Waals surface area contributed by atoms with Crippen LogP contribution in [0.1, 0.15) is 31.4 Å². The van der Waals surface area contributed by atoms with Crippen LogP contribution in [0.3, 0.4) is 0 Å². The number of rotatable bonds is 3. The molecule has 7 nitrogen and oxygen atoms in total. The maximum atomic E-state index is 12.8. The fourth-order valence-electron chi connectivity index (χ4n) is 3.42. The first-order chi connectivity index (χ1) is 12.9. The molecule has 0 bridgehead atoms. The van der Waals surface area contributed by atoms with Crippen molar-refractivity contribution in [3.63, 3.8) is 0 Å². The van der Waals surface area contributed by atoms with E-state index in [0.717, 1.165) is 5.39 Å². The summed E-state index contributed by atoms with van der Waals surface area (Å²) in [6, 6.07) is 10.8. The lowest BCUT2D eigenvalue weighted by Crippen LogP contribution is -2.46. The highest BCUT2D eigenvalue weighted by Crippen LogP contribution is 2.48. The quantitative estimate of drug-likeness (QED) is 0.561. The highest BCUT2D eigenvalue weighted by molar-refractivity contribution is 6.04. The second kappa shape index (κ2) is 6.05. The van der Waals surface area contributed by atoms with Gasteiger partial charge in [0.05, 0.1) is 5.92 Å². The summed E-state index contributed by atoms with van der Waals surface area (Å²) in [6.07, 6.45) is 3.03. The number of carboxylic acid groups (broad SMARTS) is 1. The van der Waals surface area contributed by atoms with Crippen molar-refractivity contribution in [2.75, 3.05) is 0 Å². The third-order valence-corrected chi connectivity index (χ3v) is 4.92. The number of aromatic nitrogens is 2. The number of hydrogen-bond donors (Lipinski definition) is 1. The van der Waals surface area contributed by atoms with Crippen molar-refractivity contribution in [2.24, 2.45) is 5.41 Å². The van der Waals surface area contributed by atoms with Crippen LogP contribution in [-0.2, 0) is 14.3 Å². The first-order valence-electron chi connectivity index (χ1n) is 8.35. The van der Waals surface area contributed by atoms with E-state index in [4.69, 9.17) is 9.15 Å². The molecule has 0 saturated carbocycles. The number of cyclic esters (lactones) is 1. The third kappa shape index (κ3) is 2.51. The Morgan fingerprint density at radius 3 is 2.56 bits per heavy atom. The van der Waals surface area contributed by atoms with E-state index in [0.29, 0.717) is 16.9 Å². The summed E-state index contributed by atoms with van der Waals surface area (Å²) in [5, 5.41) is 10.6. The van der Waals surface area contributed by atoms with E-state index in [2.05, 4.69) is 9.97 Å². The Morgan fingerprint density at radius 1 is 1.19 bits per heavy atom. The number of carbonyl (C=O) groups excluding carboxylic acids is 1. The minimum atomic E-state index is -1.85. The lowest BCUT2D eigenvalue weighted by molar-refractivity contribution is -0.165. The molecule has 0 fully saturated rings. The number of fused-ring (bicyclic) bond motifs is 1. The zero-order valence-corrected chi connectivity index (χ0v) is 14.7. The number of aliphatic carboxylic acids is 1. The molecule has 1 aliphatic rings. The molecule has 27 heavy (non-hydrogen) atoms. The van der Waals surface area contributed by atoms with Crippen LogP contribution in [0.15, 0.2) is 58.8 Å². The number of furan rings is 1. The lowest BCUT2D eigenvalue weighted by atomic mass is 9.71. The SMILES string of the molecule is CC1=C(c2cc3ccccc3o2)OC(=O)C(C)(C(=O)O)C1c1ncccn1. The summed E-state index contributed by atoms with van der Waals surface area (Å²) in [6.45, 7) is 3.04. The Bertz CT molecular complexity index is 1050. The molecule has 2 atom stereocenters. The Kier molecular flexibility index (Phi) is 3.80. The normalized spacial score (nSPS) is 22.7. The highest BCUT2D eigenvalue weighted by Gasteiger charge is 2.56. The van der Waals surface area contributed by atoms with Crippen LogP contribution in [0.2, 0.25) is 0 Å². The number of esters is 1. The number of allylic oxidation sites excluding steroid dienone is 1. The first kappa shape index (κ1) is 17.0. The minimum absolute atomic E-state index is 0.201. The molecule has 3 heterocycles. The molecule has 136 valence electrons. The summed E-state index contributed by atoms with van der Waals surface area (Å²) in [7, 11) is 0. The highest BCUT2D eigenvalue weighted by atomic mass is 16.6. The lowest BCUT2D eigenvalue weighted by Gasteiger charge is -2.36. The van der Waals surface area contributed by atoms with Crippen molar-refractivity contribution < 1.29 is 23.8 Å². The van der Waals surface area contributed by atoms with Gasteiger partial charge in [-0.05, 0) is 37.6 Å². The Hall–Kier alpha value is -3.48. The van der Waals surface area contributed by atoms with Crippen LogP contribution < -0.4 is 0 Å². The number of ether oxygens (including phenoxy) is 1. The fraction of sp³-hybridized carbons (Fsp3) is 0.200. The van der Waals surface area contributed by atoms with Gasteiger partial charge < -0.3 is 14.3 Å². The van der Waals surface area contributed by atoms with Crippen LogP contribution in [-0.4, -0.2) is 27.0 Å². The van der Waals surface area contributed by atoms with Gasteiger partial charge in [0.2, 0.25) is 0 Å². The topological polar surface area (TPSA) is 103 Å². The van der Waals surface area contributed by atoms with Gasteiger partial charge in [-0.25, -0.2) is 9.97 Å². The average Bonchev–Trinajstić information content (AvgIpc) is 3.09. The predicted octanol–water partition coefficient (Wildman–Crippen LogP) is 3.39. The first-order valence-corrected chi connectivity index (χ1v) is 8.35. The van der Waals surface area contributed by atoms with Crippen molar-refractivity contribution in [1.29, 1.82) is 0 Å². The molecule has 0 radical (unpaired) electrons. The van der Waals surface area contributed by atoms with Gasteiger partial charge in [-0.1, -0.05) is 18.2 Å². The van der Waals surface area contributed by atoms with Crippen molar-refractivity contribution in [1.82, 2.24) is 9.97 Å². The van der Waals surface area contributed by atoms with Crippen molar-refractivity contribution >= 4 is 28.7 Å². The Balaban J connectivity index is 1.94. The van der Waals surface area contributed by atoms with Crippen LogP contribution in [0.25, 0.3) is 16.7 Å². The monoisotopic (exact) mass is 364 g/mol. The molecule has 0 spiro atoms. The van der Waals surface area contributed by atoms with E-state index in [1.807, 2.05) is 18.2 Å². The standard InChI is InChI=1S/C20H16N2O5/c1-11-15(17-21-8-5-9-22-17)20(2,18(23)24)19(25)27-16(11)14-10-12-6-3-4-7-13(12)26-14/h3-10,15H,1-2H3,(H,23,24). The largest absolute Gasteiger partial charge is 0.480 e. The second-order valence-corrected chi connectivity index (χ2v) is 6.60. The number of benzene rings is 1. The van der Waals surface area contributed by atoms with E-state index in [1.54, 1.807) is 25.1 Å². The maximum Gasteiger partial charge on any atom is 0.329 e. The van der Waals surface area contributed by atoms with Crippen molar-refractivity contribution in [3.8, 4) is 0 Å². The van der Waals surface area contributed by atoms with Gasteiger partial charge >= 0.3 is 11.9 Å². The van der Waals surface area contributed by atoms with E-state index in [9.17, 15) is 14.7 Å². The smallest absolute Gasteiger partial charge is 0.329 e. The van der Waals surface area contributed by atoms with Gasteiger partial charge in [0.1, 0.15) is 11.4 Å². The number of carboxylic acids is 1. The maximum absolute atomic E-state index is 12.8. The third-order valence-electron chi connectivity index (χ3n) is 4.92. The zero-order chi connectivity index (χ0) is 19.2. The van der Waals surface area contributed by atoms with E-state index in [-0.39, 0.29) is 11.6 Å². The molecule has 2 aromatic heterocycles. The molecule has 2 unspecified atom stereocenters. The zero-order valence-electron chi connectivity index (χ0n) is 14.7. The molecule has 0 aliphatic carbocycles. The molecule has 4 rings (SSSR count). The second-order valence-electron chi connectivity index (χ2n) is 6.60. The van der Waals surface area contributed by atoms with E-state index in [1.165, 1.54) is 19.3 Å². The van der Waals surface area contributed by atoms with Crippen LogP contribution in [0, 0.1) is 5.41 Å². The number of carbonyl (C=O) groups is 2. The van der Waals surface area contributed by atoms with Crippen LogP contribution in [0.4, 0.5) is 0 Å². The van der Waals surface area contributed by atoms with E-state index >= 15 is 0 Å². The number of nitrogens with zero attached hydrogens (tertiary/aromatic N) is 2. The average molecular weight is 364 g/mol. The molecule has 1 N–H and O–H groups in total. The molecule has 3 aromatic rings. The van der Waals surface area contributed by atoms with Gasteiger partial charge in [-0.2, -0.15) is 0 Å². The Labute approximate surface area is 154 Å². The molecule has 1 aromatic carbocycles. The molecule has 0 amide bonds. The molecule has 0 saturated heterocycles. The van der Waals surface area contributed by atoms with Crippen molar-refractivity contribution in [3.05, 3.63) is 65.9 Å². The van der Waals surface area contributed by atoms with Crippen LogP contribution >= 0.6 is 0 Å². The molecular weight excluding hydrogens is 348 g/mol. The Morgan fingerprint density at radius 2 is 1.89 bits per heavy atom. The number of para-hydroxylation sites is 1. The van der Waals surface area contributed by atoms with Gasteiger partial charge in [-0.15, -0.1) is 0 Å². The summed E-state index contributed by atoms with van der Waals surface area (Å²) in [5.41, 5.74) is -0.686. The van der Waals surface area contributed by atoms with Gasteiger partial charge in [-0.3, -0.25) is 9.59 Å².